The summed E-state index contributed by atoms with van der Waals surface area (Å²) in [4.78, 5) is 0. The number of halogens is 3. The molecule has 3 nitrogen and oxygen atoms in total. The van der Waals surface area contributed by atoms with Gasteiger partial charge in [-0.2, -0.15) is 0 Å². The molecule has 0 aromatic heterocycles. The van der Waals surface area contributed by atoms with Crippen molar-refractivity contribution in [2.24, 2.45) is 0 Å². The fourth-order valence-electron chi connectivity index (χ4n) is 1.67. The van der Waals surface area contributed by atoms with E-state index in [0.717, 1.165) is 5.56 Å². The normalized spacial score (nSPS) is 14.6. The smallest absolute Gasteiger partial charge is 0.0781 e. The van der Waals surface area contributed by atoms with Gasteiger partial charge in [0.1, 0.15) is 0 Å². The standard InChI is InChI=1S/C12H16Cl3NO2/c1-7(16-8(5-17)6-18-2)9-3-4-10(13)12(15)11(9)14/h3-4,7-8,16-17H,5-6H2,1-2H3. The minimum absolute atomic E-state index is 0.0167. The second kappa shape index (κ2) is 7.53. The van der Waals surface area contributed by atoms with Gasteiger partial charge in [0.2, 0.25) is 0 Å². The summed E-state index contributed by atoms with van der Waals surface area (Å²) in [7, 11) is 1.58. The number of aliphatic hydroxyl groups is 1. The number of rotatable bonds is 6. The minimum Gasteiger partial charge on any atom is -0.395 e. The molecule has 18 heavy (non-hydrogen) atoms. The molecule has 2 atom stereocenters. The van der Waals surface area contributed by atoms with E-state index in [1.54, 1.807) is 13.2 Å². The summed E-state index contributed by atoms with van der Waals surface area (Å²) in [5.41, 5.74) is 0.834. The first-order chi connectivity index (χ1) is 8.51. The monoisotopic (exact) mass is 311 g/mol. The SMILES string of the molecule is COCC(CO)NC(C)c1ccc(Cl)c(Cl)c1Cl. The molecule has 0 aliphatic carbocycles. The number of benzene rings is 1. The second-order valence-electron chi connectivity index (χ2n) is 3.99. The number of methoxy groups -OCH3 is 1. The van der Waals surface area contributed by atoms with Crippen LogP contribution in [0.4, 0.5) is 0 Å². The van der Waals surface area contributed by atoms with E-state index in [1.165, 1.54) is 0 Å². The number of aliphatic hydroxyl groups excluding tert-OH is 1. The Bertz CT molecular complexity index is 401. The van der Waals surface area contributed by atoms with Crippen LogP contribution in [0.2, 0.25) is 15.1 Å². The van der Waals surface area contributed by atoms with E-state index in [9.17, 15) is 5.11 Å². The van der Waals surface area contributed by atoms with Crippen molar-refractivity contribution in [2.45, 2.75) is 19.0 Å². The summed E-state index contributed by atoms with van der Waals surface area (Å²) in [6.07, 6.45) is 0. The zero-order valence-corrected chi connectivity index (χ0v) is 12.5. The largest absolute Gasteiger partial charge is 0.395 e. The van der Waals surface area contributed by atoms with Gasteiger partial charge < -0.3 is 15.2 Å². The first-order valence-electron chi connectivity index (χ1n) is 5.50. The first-order valence-corrected chi connectivity index (χ1v) is 6.63. The van der Waals surface area contributed by atoms with Crippen LogP contribution in [0.1, 0.15) is 18.5 Å². The predicted molar refractivity (Wildman–Crippen MR) is 75.8 cm³/mol. The van der Waals surface area contributed by atoms with E-state index in [-0.39, 0.29) is 18.7 Å². The molecule has 102 valence electrons. The van der Waals surface area contributed by atoms with E-state index < -0.39 is 0 Å². The van der Waals surface area contributed by atoms with Gasteiger partial charge in [0.15, 0.2) is 0 Å². The maximum absolute atomic E-state index is 9.20. The van der Waals surface area contributed by atoms with Crippen molar-refractivity contribution in [1.82, 2.24) is 5.32 Å². The third kappa shape index (κ3) is 3.98. The van der Waals surface area contributed by atoms with Crippen LogP contribution in [0.15, 0.2) is 12.1 Å². The van der Waals surface area contributed by atoms with Gasteiger partial charge >= 0.3 is 0 Å². The molecule has 2 unspecified atom stereocenters. The summed E-state index contributed by atoms with van der Waals surface area (Å²) in [5, 5.41) is 13.6. The van der Waals surface area contributed by atoms with E-state index >= 15 is 0 Å². The molecule has 0 aliphatic rings. The lowest BCUT2D eigenvalue weighted by Gasteiger charge is -2.22. The van der Waals surface area contributed by atoms with Crippen LogP contribution in [0, 0.1) is 0 Å². The highest BCUT2D eigenvalue weighted by molar-refractivity contribution is 6.48. The van der Waals surface area contributed by atoms with E-state index in [1.807, 2.05) is 13.0 Å². The lowest BCUT2D eigenvalue weighted by molar-refractivity contribution is 0.123. The minimum atomic E-state index is -0.157. The van der Waals surface area contributed by atoms with Crippen molar-refractivity contribution < 1.29 is 9.84 Å². The third-order valence-electron chi connectivity index (χ3n) is 2.61. The molecule has 0 spiro atoms. The molecule has 0 heterocycles. The van der Waals surface area contributed by atoms with Crippen molar-refractivity contribution in [3.05, 3.63) is 32.8 Å². The lowest BCUT2D eigenvalue weighted by Crippen LogP contribution is -2.38. The summed E-state index contributed by atoms with van der Waals surface area (Å²) in [6.45, 7) is 2.33. The van der Waals surface area contributed by atoms with Crippen LogP contribution in [-0.2, 0) is 4.74 Å². The molecule has 0 radical (unpaired) electrons. The molecule has 2 N–H and O–H groups in total. The molecule has 0 saturated heterocycles. The van der Waals surface area contributed by atoms with Crippen LogP contribution >= 0.6 is 34.8 Å². The van der Waals surface area contributed by atoms with Crippen LogP contribution in [0.25, 0.3) is 0 Å². The van der Waals surface area contributed by atoms with Gasteiger partial charge in [0, 0.05) is 13.2 Å². The Kier molecular flexibility index (Phi) is 6.71. The maximum atomic E-state index is 9.20. The molecule has 1 rings (SSSR count). The summed E-state index contributed by atoms with van der Waals surface area (Å²) in [6, 6.07) is 3.29. The Morgan fingerprint density at radius 1 is 1.28 bits per heavy atom. The molecule has 0 bridgehead atoms. The Morgan fingerprint density at radius 2 is 1.94 bits per heavy atom. The van der Waals surface area contributed by atoms with Gasteiger partial charge in [0.25, 0.3) is 0 Å². The highest BCUT2D eigenvalue weighted by Gasteiger charge is 2.17. The van der Waals surface area contributed by atoms with Gasteiger partial charge in [-0.05, 0) is 18.6 Å². The van der Waals surface area contributed by atoms with Crippen molar-refractivity contribution >= 4 is 34.8 Å². The summed E-state index contributed by atoms with van der Waals surface area (Å²) < 4.78 is 5.00. The quantitative estimate of drug-likeness (QED) is 0.792. The number of hydrogen-bond acceptors (Lipinski definition) is 3. The Balaban J connectivity index is 2.84. The van der Waals surface area contributed by atoms with Gasteiger partial charge in [-0.1, -0.05) is 40.9 Å². The van der Waals surface area contributed by atoms with Crippen molar-refractivity contribution in [1.29, 1.82) is 0 Å². The van der Waals surface area contributed by atoms with Crippen molar-refractivity contribution in [2.75, 3.05) is 20.3 Å². The molecule has 1 aromatic carbocycles. The Hall–Kier alpha value is -0.0300. The van der Waals surface area contributed by atoms with Gasteiger partial charge in [-0.3, -0.25) is 0 Å². The third-order valence-corrected chi connectivity index (χ3v) is 3.91. The van der Waals surface area contributed by atoms with E-state index in [2.05, 4.69) is 5.32 Å². The number of nitrogens with one attached hydrogen (secondary N) is 1. The van der Waals surface area contributed by atoms with Crippen molar-refractivity contribution in [3.63, 3.8) is 0 Å². The Labute approximate surface area is 122 Å². The zero-order chi connectivity index (χ0) is 13.7. The average molecular weight is 313 g/mol. The molecule has 1 aromatic rings. The molecule has 0 aliphatic heterocycles. The summed E-state index contributed by atoms with van der Waals surface area (Å²) in [5.74, 6) is 0. The van der Waals surface area contributed by atoms with E-state index in [0.29, 0.717) is 21.7 Å². The molecular weight excluding hydrogens is 296 g/mol. The van der Waals surface area contributed by atoms with Crippen LogP contribution in [-0.4, -0.2) is 31.5 Å². The molecular formula is C12H16Cl3NO2. The average Bonchev–Trinajstić information content (AvgIpc) is 2.35. The first kappa shape index (κ1) is 16.0. The summed E-state index contributed by atoms with van der Waals surface area (Å²) >= 11 is 18.0. The predicted octanol–water partition coefficient (Wildman–Crippen LogP) is 3.30. The van der Waals surface area contributed by atoms with Gasteiger partial charge in [-0.25, -0.2) is 0 Å². The van der Waals surface area contributed by atoms with Gasteiger partial charge in [0.05, 0.1) is 34.3 Å². The Morgan fingerprint density at radius 3 is 2.50 bits per heavy atom. The molecule has 0 amide bonds. The van der Waals surface area contributed by atoms with Crippen LogP contribution in [0.3, 0.4) is 0 Å². The number of hydrogen-bond donors (Lipinski definition) is 2. The van der Waals surface area contributed by atoms with Crippen LogP contribution in [0.5, 0.6) is 0 Å². The van der Waals surface area contributed by atoms with Crippen molar-refractivity contribution in [3.8, 4) is 0 Å². The lowest BCUT2D eigenvalue weighted by atomic mass is 10.1. The molecule has 6 heteroatoms. The van der Waals surface area contributed by atoms with Gasteiger partial charge in [-0.15, -0.1) is 0 Å². The number of ether oxygens (including phenoxy) is 1. The zero-order valence-electron chi connectivity index (χ0n) is 10.2. The molecule has 0 fully saturated rings. The molecule has 0 saturated carbocycles. The fourth-order valence-corrected chi connectivity index (χ4v) is 2.38. The van der Waals surface area contributed by atoms with E-state index in [4.69, 9.17) is 39.5 Å². The maximum Gasteiger partial charge on any atom is 0.0781 e. The second-order valence-corrected chi connectivity index (χ2v) is 5.15. The fraction of sp³-hybridized carbons (Fsp3) is 0.500. The highest BCUT2D eigenvalue weighted by atomic mass is 35.5. The van der Waals surface area contributed by atoms with Crippen LogP contribution < -0.4 is 5.32 Å². The highest BCUT2D eigenvalue weighted by Crippen LogP contribution is 2.35. The topological polar surface area (TPSA) is 41.5 Å².